The van der Waals surface area contributed by atoms with Crippen LogP contribution in [0.25, 0.3) is 10.9 Å². The average molecular weight is 295 g/mol. The van der Waals surface area contributed by atoms with Crippen LogP contribution in [0.5, 0.6) is 11.5 Å². The summed E-state index contributed by atoms with van der Waals surface area (Å²) in [5.41, 5.74) is 3.71. The quantitative estimate of drug-likeness (QED) is 0.749. The molecular weight excluding hydrogens is 274 g/mol. The Hall–Kier alpha value is -2.42. The Morgan fingerprint density at radius 2 is 1.91 bits per heavy atom. The highest BCUT2D eigenvalue weighted by molar-refractivity contribution is 5.86. The van der Waals surface area contributed by atoms with Crippen LogP contribution in [0.2, 0.25) is 0 Å². The molecule has 3 rings (SSSR count). The minimum Gasteiger partial charge on any atom is -0.508 e. The van der Waals surface area contributed by atoms with E-state index in [9.17, 15) is 5.11 Å². The highest BCUT2D eigenvalue weighted by atomic mass is 16.5. The first-order valence-corrected chi connectivity index (χ1v) is 7.57. The minimum atomic E-state index is 0.220. The summed E-state index contributed by atoms with van der Waals surface area (Å²) < 4.78 is 8.14. The number of aromatic nitrogens is 1. The molecule has 0 aliphatic heterocycles. The standard InChI is InChI=1S/C19H21NO2/c1-13(2)20-11-15(18-9-4-6-14(3)19(18)20)12-22-17-8-5-7-16(21)10-17/h4-11,13,21H,12H2,1-3H3. The summed E-state index contributed by atoms with van der Waals surface area (Å²) in [6, 6.07) is 13.7. The molecule has 0 atom stereocenters. The molecule has 0 aliphatic carbocycles. The molecule has 1 N–H and O–H groups in total. The van der Waals surface area contributed by atoms with Crippen molar-refractivity contribution in [3.05, 3.63) is 59.8 Å². The maximum absolute atomic E-state index is 9.51. The van der Waals surface area contributed by atoms with Gasteiger partial charge in [-0.3, -0.25) is 0 Å². The van der Waals surface area contributed by atoms with E-state index in [4.69, 9.17) is 4.74 Å². The van der Waals surface area contributed by atoms with Crippen molar-refractivity contribution in [3.8, 4) is 11.5 Å². The number of phenolic OH excluding ortho intramolecular Hbond substituents is 1. The molecule has 0 bridgehead atoms. The van der Waals surface area contributed by atoms with Crippen LogP contribution in [0, 0.1) is 6.92 Å². The maximum atomic E-state index is 9.51. The van der Waals surface area contributed by atoms with Gasteiger partial charge in [-0.15, -0.1) is 0 Å². The molecular formula is C19H21NO2. The third-order valence-electron chi connectivity index (χ3n) is 3.91. The van der Waals surface area contributed by atoms with Crippen molar-refractivity contribution < 1.29 is 9.84 Å². The highest BCUT2D eigenvalue weighted by Crippen LogP contribution is 2.28. The zero-order chi connectivity index (χ0) is 15.7. The SMILES string of the molecule is Cc1cccc2c(COc3cccc(O)c3)cn(C(C)C)c12. The zero-order valence-electron chi connectivity index (χ0n) is 13.2. The smallest absolute Gasteiger partial charge is 0.123 e. The number of rotatable bonds is 4. The fourth-order valence-electron chi connectivity index (χ4n) is 2.82. The number of fused-ring (bicyclic) bond motifs is 1. The summed E-state index contributed by atoms with van der Waals surface area (Å²) in [6.07, 6.45) is 2.17. The molecule has 0 saturated heterocycles. The second-order valence-electron chi connectivity index (χ2n) is 5.91. The lowest BCUT2D eigenvalue weighted by atomic mass is 10.1. The molecule has 3 aromatic rings. The number of phenols is 1. The van der Waals surface area contributed by atoms with Crippen molar-refractivity contribution in [1.29, 1.82) is 0 Å². The van der Waals surface area contributed by atoms with Crippen LogP contribution in [0.1, 0.15) is 31.0 Å². The Kier molecular flexibility index (Phi) is 3.80. The van der Waals surface area contributed by atoms with Gasteiger partial charge in [-0.25, -0.2) is 0 Å². The number of ether oxygens (including phenoxy) is 1. The van der Waals surface area contributed by atoms with Crippen molar-refractivity contribution in [3.63, 3.8) is 0 Å². The lowest BCUT2D eigenvalue weighted by Crippen LogP contribution is -1.99. The van der Waals surface area contributed by atoms with E-state index >= 15 is 0 Å². The van der Waals surface area contributed by atoms with Crippen LogP contribution in [0.4, 0.5) is 0 Å². The van der Waals surface area contributed by atoms with Crippen molar-refractivity contribution >= 4 is 10.9 Å². The molecule has 0 radical (unpaired) electrons. The number of benzene rings is 2. The molecule has 2 aromatic carbocycles. The van der Waals surface area contributed by atoms with Crippen LogP contribution in [-0.4, -0.2) is 9.67 Å². The van der Waals surface area contributed by atoms with Gasteiger partial charge in [0.25, 0.3) is 0 Å². The second kappa shape index (κ2) is 5.76. The molecule has 0 amide bonds. The Labute approximate surface area is 130 Å². The van der Waals surface area contributed by atoms with Gasteiger partial charge >= 0.3 is 0 Å². The Morgan fingerprint density at radius 3 is 2.64 bits per heavy atom. The van der Waals surface area contributed by atoms with Gasteiger partial charge in [0.15, 0.2) is 0 Å². The predicted molar refractivity (Wildman–Crippen MR) is 89.5 cm³/mol. The van der Waals surface area contributed by atoms with Gasteiger partial charge in [0.05, 0.1) is 5.52 Å². The van der Waals surface area contributed by atoms with Gasteiger partial charge in [-0.05, 0) is 38.5 Å². The molecule has 0 saturated carbocycles. The minimum absolute atomic E-state index is 0.220. The van der Waals surface area contributed by atoms with E-state index in [1.165, 1.54) is 16.5 Å². The molecule has 114 valence electrons. The zero-order valence-corrected chi connectivity index (χ0v) is 13.2. The van der Waals surface area contributed by atoms with Crippen LogP contribution in [0.3, 0.4) is 0 Å². The monoisotopic (exact) mass is 295 g/mol. The summed E-state index contributed by atoms with van der Waals surface area (Å²) in [4.78, 5) is 0. The predicted octanol–water partition coefficient (Wildman–Crippen LogP) is 4.82. The molecule has 3 nitrogen and oxygen atoms in total. The third-order valence-corrected chi connectivity index (χ3v) is 3.91. The molecule has 0 fully saturated rings. The van der Waals surface area contributed by atoms with E-state index in [0.29, 0.717) is 18.4 Å². The van der Waals surface area contributed by atoms with E-state index in [-0.39, 0.29) is 5.75 Å². The fourth-order valence-corrected chi connectivity index (χ4v) is 2.82. The van der Waals surface area contributed by atoms with E-state index in [2.05, 4.69) is 49.7 Å². The van der Waals surface area contributed by atoms with Gasteiger partial charge in [-0.1, -0.05) is 24.3 Å². The molecule has 0 unspecified atom stereocenters. The number of nitrogens with zero attached hydrogens (tertiary/aromatic N) is 1. The van der Waals surface area contributed by atoms with Gasteiger partial charge < -0.3 is 14.4 Å². The first-order valence-electron chi connectivity index (χ1n) is 7.57. The van der Waals surface area contributed by atoms with Crippen molar-refractivity contribution in [2.24, 2.45) is 0 Å². The number of hydrogen-bond donors (Lipinski definition) is 1. The fraction of sp³-hybridized carbons (Fsp3) is 0.263. The summed E-state index contributed by atoms with van der Waals surface area (Å²) in [5, 5.41) is 10.7. The van der Waals surface area contributed by atoms with Crippen LogP contribution in [-0.2, 0) is 6.61 Å². The molecule has 22 heavy (non-hydrogen) atoms. The lowest BCUT2D eigenvalue weighted by Gasteiger charge is -2.10. The largest absolute Gasteiger partial charge is 0.508 e. The van der Waals surface area contributed by atoms with Crippen LogP contribution in [0.15, 0.2) is 48.7 Å². The Balaban J connectivity index is 1.96. The van der Waals surface area contributed by atoms with E-state index in [0.717, 1.165) is 5.56 Å². The van der Waals surface area contributed by atoms with E-state index in [1.807, 2.05) is 6.07 Å². The molecule has 0 spiro atoms. The first-order chi connectivity index (χ1) is 10.6. The van der Waals surface area contributed by atoms with E-state index in [1.54, 1.807) is 18.2 Å². The topological polar surface area (TPSA) is 34.4 Å². The summed E-state index contributed by atoms with van der Waals surface area (Å²) >= 11 is 0. The van der Waals surface area contributed by atoms with Crippen molar-refractivity contribution in [2.45, 2.75) is 33.4 Å². The van der Waals surface area contributed by atoms with E-state index < -0.39 is 0 Å². The van der Waals surface area contributed by atoms with Crippen LogP contribution >= 0.6 is 0 Å². The lowest BCUT2D eigenvalue weighted by molar-refractivity contribution is 0.305. The maximum Gasteiger partial charge on any atom is 0.123 e. The second-order valence-corrected chi connectivity index (χ2v) is 5.91. The molecule has 3 heteroatoms. The summed E-state index contributed by atoms with van der Waals surface area (Å²) in [5.74, 6) is 0.899. The number of aromatic hydroxyl groups is 1. The Morgan fingerprint density at radius 1 is 1.14 bits per heavy atom. The average Bonchev–Trinajstić information content (AvgIpc) is 2.86. The van der Waals surface area contributed by atoms with Crippen LogP contribution < -0.4 is 4.74 Å². The van der Waals surface area contributed by atoms with Gasteiger partial charge in [0.1, 0.15) is 18.1 Å². The Bertz CT molecular complexity index is 802. The third kappa shape index (κ3) is 2.67. The van der Waals surface area contributed by atoms with Gasteiger partial charge in [-0.2, -0.15) is 0 Å². The number of para-hydroxylation sites is 1. The summed E-state index contributed by atoms with van der Waals surface area (Å²) in [7, 11) is 0. The van der Waals surface area contributed by atoms with Crippen molar-refractivity contribution in [1.82, 2.24) is 4.57 Å². The highest BCUT2D eigenvalue weighted by Gasteiger charge is 2.12. The number of hydrogen-bond acceptors (Lipinski definition) is 2. The molecule has 0 aliphatic rings. The first kappa shape index (κ1) is 14.5. The molecule has 1 aromatic heterocycles. The normalized spacial score (nSPS) is 11.3. The summed E-state index contributed by atoms with van der Waals surface area (Å²) in [6.45, 7) is 7.00. The van der Waals surface area contributed by atoms with Gasteiger partial charge in [0.2, 0.25) is 0 Å². The number of aryl methyl sites for hydroxylation is 1. The van der Waals surface area contributed by atoms with Crippen molar-refractivity contribution in [2.75, 3.05) is 0 Å². The van der Waals surface area contributed by atoms with Gasteiger partial charge in [0, 0.05) is 29.3 Å². The molecule has 1 heterocycles.